The van der Waals surface area contributed by atoms with Crippen LogP contribution in [0.4, 0.5) is 11.4 Å². The van der Waals surface area contributed by atoms with Crippen molar-refractivity contribution in [3.8, 4) is 0 Å². The molecule has 0 saturated carbocycles. The number of anilines is 2. The van der Waals surface area contributed by atoms with Crippen molar-refractivity contribution in [1.82, 2.24) is 10.2 Å². The zero-order chi connectivity index (χ0) is 17.3. The van der Waals surface area contributed by atoms with Gasteiger partial charge in [-0.15, -0.1) is 0 Å². The Labute approximate surface area is 150 Å². The Hall–Kier alpha value is -1.63. The summed E-state index contributed by atoms with van der Waals surface area (Å²) < 4.78 is 5.34. The number of nitrogens with one attached hydrogen (secondary N) is 2. The number of carbonyl (C=O) groups excluding carboxylic acids is 1. The van der Waals surface area contributed by atoms with Crippen molar-refractivity contribution in [1.29, 1.82) is 0 Å². The Kier molecular flexibility index (Phi) is 7.09. The van der Waals surface area contributed by atoms with Gasteiger partial charge in [0, 0.05) is 39.3 Å². The second-order valence-electron chi connectivity index (χ2n) is 6.74. The zero-order valence-electron chi connectivity index (χ0n) is 15.0. The number of hydrogen-bond acceptors (Lipinski definition) is 5. The van der Waals surface area contributed by atoms with Crippen molar-refractivity contribution >= 4 is 17.3 Å². The normalized spacial score (nSPS) is 19.0. The van der Waals surface area contributed by atoms with Crippen LogP contribution in [0.1, 0.15) is 19.3 Å². The molecule has 2 fully saturated rings. The first kappa shape index (κ1) is 18.2. The lowest BCUT2D eigenvalue weighted by molar-refractivity contribution is -0.115. The maximum atomic E-state index is 12.3. The summed E-state index contributed by atoms with van der Waals surface area (Å²) >= 11 is 0. The zero-order valence-corrected chi connectivity index (χ0v) is 15.0. The number of hydrogen-bond donors (Lipinski definition) is 2. The minimum atomic E-state index is 0.0198. The quantitative estimate of drug-likeness (QED) is 0.734. The molecule has 0 aliphatic carbocycles. The molecule has 1 aromatic carbocycles. The molecular formula is C19H30N4O2. The summed E-state index contributed by atoms with van der Waals surface area (Å²) in [7, 11) is 0. The molecule has 1 aromatic rings. The standard InChI is InChI=1S/C19H30N4O2/c24-19(16-20-8-11-22-12-14-25-15-13-22)21-17-6-2-3-7-18(17)23-9-4-1-5-10-23/h2-3,6-7,20H,1,4-5,8-16H2,(H,21,24). The Balaban J connectivity index is 1.43. The molecule has 0 radical (unpaired) electrons. The molecule has 6 nitrogen and oxygen atoms in total. The molecule has 2 aliphatic heterocycles. The molecule has 2 saturated heterocycles. The summed E-state index contributed by atoms with van der Waals surface area (Å²) in [6.07, 6.45) is 3.76. The number of piperidine rings is 1. The van der Waals surface area contributed by atoms with E-state index in [0.29, 0.717) is 6.54 Å². The molecule has 1 amide bonds. The molecule has 0 spiro atoms. The second kappa shape index (κ2) is 9.75. The van der Waals surface area contributed by atoms with Gasteiger partial charge in [0.05, 0.1) is 31.1 Å². The SMILES string of the molecule is O=C(CNCCN1CCOCC1)Nc1ccccc1N1CCCCC1. The Morgan fingerprint density at radius 3 is 2.60 bits per heavy atom. The molecule has 0 bridgehead atoms. The monoisotopic (exact) mass is 346 g/mol. The Morgan fingerprint density at radius 1 is 1.04 bits per heavy atom. The van der Waals surface area contributed by atoms with Gasteiger partial charge in [-0.05, 0) is 31.4 Å². The lowest BCUT2D eigenvalue weighted by Crippen LogP contribution is -2.41. The molecule has 2 N–H and O–H groups in total. The van der Waals surface area contributed by atoms with Gasteiger partial charge in [-0.3, -0.25) is 9.69 Å². The van der Waals surface area contributed by atoms with Crippen molar-refractivity contribution in [2.75, 3.05) is 69.2 Å². The Bertz CT molecular complexity index is 540. The fourth-order valence-electron chi connectivity index (χ4n) is 3.45. The van der Waals surface area contributed by atoms with E-state index in [4.69, 9.17) is 4.74 Å². The summed E-state index contributed by atoms with van der Waals surface area (Å²) in [4.78, 5) is 17.0. The van der Waals surface area contributed by atoms with E-state index in [0.717, 1.165) is 63.9 Å². The highest BCUT2D eigenvalue weighted by Crippen LogP contribution is 2.28. The van der Waals surface area contributed by atoms with Crippen LogP contribution < -0.4 is 15.5 Å². The van der Waals surface area contributed by atoms with Crippen LogP contribution in [0, 0.1) is 0 Å². The number of amides is 1. The van der Waals surface area contributed by atoms with E-state index in [1.54, 1.807) is 0 Å². The lowest BCUT2D eigenvalue weighted by Gasteiger charge is -2.30. The predicted molar refractivity (Wildman–Crippen MR) is 101 cm³/mol. The summed E-state index contributed by atoms with van der Waals surface area (Å²) in [6, 6.07) is 8.12. The van der Waals surface area contributed by atoms with Crippen LogP contribution in [0.5, 0.6) is 0 Å². The average molecular weight is 346 g/mol. The molecular weight excluding hydrogens is 316 g/mol. The number of ether oxygens (including phenoxy) is 1. The van der Waals surface area contributed by atoms with Crippen LogP contribution >= 0.6 is 0 Å². The third-order valence-electron chi connectivity index (χ3n) is 4.87. The summed E-state index contributed by atoms with van der Waals surface area (Å²) in [5.41, 5.74) is 2.06. The smallest absolute Gasteiger partial charge is 0.238 e. The van der Waals surface area contributed by atoms with Crippen LogP contribution in [-0.2, 0) is 9.53 Å². The number of morpholine rings is 1. The summed E-state index contributed by atoms with van der Waals surface area (Å²) in [5, 5.41) is 6.31. The van der Waals surface area contributed by atoms with Crippen LogP contribution in [-0.4, -0.2) is 69.8 Å². The second-order valence-corrected chi connectivity index (χ2v) is 6.74. The summed E-state index contributed by atoms with van der Waals surface area (Å²) in [6.45, 7) is 7.87. The van der Waals surface area contributed by atoms with Gasteiger partial charge in [-0.25, -0.2) is 0 Å². The summed E-state index contributed by atoms with van der Waals surface area (Å²) in [5.74, 6) is 0.0198. The van der Waals surface area contributed by atoms with Gasteiger partial charge in [0.2, 0.25) is 5.91 Å². The van der Waals surface area contributed by atoms with Crippen LogP contribution in [0.2, 0.25) is 0 Å². The maximum absolute atomic E-state index is 12.3. The third kappa shape index (κ3) is 5.70. The van der Waals surface area contributed by atoms with Crippen molar-refractivity contribution < 1.29 is 9.53 Å². The van der Waals surface area contributed by atoms with Gasteiger partial charge in [-0.1, -0.05) is 12.1 Å². The highest BCUT2D eigenvalue weighted by atomic mass is 16.5. The first-order valence-corrected chi connectivity index (χ1v) is 9.47. The number of benzene rings is 1. The molecule has 0 atom stereocenters. The molecule has 3 rings (SSSR count). The highest BCUT2D eigenvalue weighted by molar-refractivity contribution is 5.95. The minimum absolute atomic E-state index is 0.0198. The van der Waals surface area contributed by atoms with E-state index < -0.39 is 0 Å². The van der Waals surface area contributed by atoms with Crippen molar-refractivity contribution in [3.05, 3.63) is 24.3 Å². The number of rotatable bonds is 7. The number of carbonyl (C=O) groups is 1. The molecule has 2 aliphatic rings. The first-order chi connectivity index (χ1) is 12.3. The average Bonchev–Trinajstić information content (AvgIpc) is 2.67. The van der Waals surface area contributed by atoms with E-state index in [1.807, 2.05) is 18.2 Å². The van der Waals surface area contributed by atoms with E-state index >= 15 is 0 Å². The van der Waals surface area contributed by atoms with Gasteiger partial charge in [-0.2, -0.15) is 0 Å². The molecule has 138 valence electrons. The van der Waals surface area contributed by atoms with Gasteiger partial charge in [0.1, 0.15) is 0 Å². The molecule has 25 heavy (non-hydrogen) atoms. The van der Waals surface area contributed by atoms with Crippen LogP contribution in [0.15, 0.2) is 24.3 Å². The minimum Gasteiger partial charge on any atom is -0.379 e. The number of nitrogens with zero attached hydrogens (tertiary/aromatic N) is 2. The fourth-order valence-corrected chi connectivity index (χ4v) is 3.45. The van der Waals surface area contributed by atoms with Gasteiger partial charge in [0.15, 0.2) is 0 Å². The topological polar surface area (TPSA) is 56.8 Å². The van der Waals surface area contributed by atoms with Crippen molar-refractivity contribution in [2.24, 2.45) is 0 Å². The largest absolute Gasteiger partial charge is 0.379 e. The predicted octanol–water partition coefficient (Wildman–Crippen LogP) is 1.54. The van der Waals surface area contributed by atoms with Gasteiger partial charge in [0.25, 0.3) is 0 Å². The van der Waals surface area contributed by atoms with Crippen LogP contribution in [0.3, 0.4) is 0 Å². The van der Waals surface area contributed by atoms with E-state index in [2.05, 4.69) is 26.5 Å². The highest BCUT2D eigenvalue weighted by Gasteiger charge is 2.15. The third-order valence-corrected chi connectivity index (χ3v) is 4.87. The van der Waals surface area contributed by atoms with Crippen LogP contribution in [0.25, 0.3) is 0 Å². The van der Waals surface area contributed by atoms with E-state index in [9.17, 15) is 4.79 Å². The molecule has 6 heteroatoms. The number of para-hydroxylation sites is 2. The Morgan fingerprint density at radius 2 is 1.80 bits per heavy atom. The molecule has 2 heterocycles. The van der Waals surface area contributed by atoms with Crippen molar-refractivity contribution in [3.63, 3.8) is 0 Å². The molecule has 0 aromatic heterocycles. The van der Waals surface area contributed by atoms with E-state index in [1.165, 1.54) is 19.3 Å². The van der Waals surface area contributed by atoms with Gasteiger partial charge < -0.3 is 20.3 Å². The van der Waals surface area contributed by atoms with Crippen molar-refractivity contribution in [2.45, 2.75) is 19.3 Å². The van der Waals surface area contributed by atoms with Gasteiger partial charge >= 0.3 is 0 Å². The first-order valence-electron chi connectivity index (χ1n) is 9.47. The maximum Gasteiger partial charge on any atom is 0.238 e. The van der Waals surface area contributed by atoms with E-state index in [-0.39, 0.29) is 5.91 Å². The fraction of sp³-hybridized carbons (Fsp3) is 0.632. The molecule has 0 unspecified atom stereocenters. The lowest BCUT2D eigenvalue weighted by atomic mass is 10.1.